The molecule has 0 saturated carbocycles. The van der Waals surface area contributed by atoms with E-state index in [9.17, 15) is 13.2 Å². The SMILES string of the molecule is CCCn1cc(CNC(=O)c2cccc(S(N)(=O)=O)c2)cn1. The van der Waals surface area contributed by atoms with E-state index in [0.717, 1.165) is 18.5 Å². The lowest BCUT2D eigenvalue weighted by molar-refractivity contribution is 0.0950. The molecule has 7 nitrogen and oxygen atoms in total. The van der Waals surface area contributed by atoms with Crippen molar-refractivity contribution in [3.05, 3.63) is 47.8 Å². The molecule has 22 heavy (non-hydrogen) atoms. The molecule has 3 N–H and O–H groups in total. The lowest BCUT2D eigenvalue weighted by atomic mass is 10.2. The van der Waals surface area contributed by atoms with Crippen LogP contribution in [0.2, 0.25) is 0 Å². The Labute approximate surface area is 129 Å². The number of carbonyl (C=O) groups is 1. The molecule has 8 heteroatoms. The van der Waals surface area contributed by atoms with Gasteiger partial charge in [0.1, 0.15) is 0 Å². The summed E-state index contributed by atoms with van der Waals surface area (Å²) in [7, 11) is -3.82. The van der Waals surface area contributed by atoms with E-state index in [2.05, 4.69) is 17.3 Å². The van der Waals surface area contributed by atoms with Crippen LogP contribution in [0.3, 0.4) is 0 Å². The summed E-state index contributed by atoms with van der Waals surface area (Å²) < 4.78 is 24.4. The highest BCUT2D eigenvalue weighted by atomic mass is 32.2. The molecule has 0 saturated heterocycles. The van der Waals surface area contributed by atoms with Crippen LogP contribution in [0.5, 0.6) is 0 Å². The summed E-state index contributed by atoms with van der Waals surface area (Å²) in [6, 6.07) is 5.62. The van der Waals surface area contributed by atoms with Crippen LogP contribution >= 0.6 is 0 Å². The number of hydrogen-bond donors (Lipinski definition) is 2. The van der Waals surface area contributed by atoms with E-state index in [1.165, 1.54) is 24.3 Å². The number of benzene rings is 1. The van der Waals surface area contributed by atoms with Crippen LogP contribution in [0.15, 0.2) is 41.6 Å². The first-order valence-electron chi connectivity index (χ1n) is 6.82. The molecule has 0 aliphatic carbocycles. The standard InChI is InChI=1S/C14H18N4O3S/c1-2-6-18-10-11(9-17-18)8-16-14(19)12-4-3-5-13(7-12)22(15,20)21/h3-5,7,9-10H,2,6,8H2,1H3,(H,16,19)(H2,15,20,21). The van der Waals surface area contributed by atoms with Gasteiger partial charge in [-0.3, -0.25) is 9.48 Å². The fourth-order valence-electron chi connectivity index (χ4n) is 1.95. The first-order chi connectivity index (χ1) is 10.4. The molecule has 118 valence electrons. The molecule has 2 aromatic rings. The fourth-order valence-corrected chi connectivity index (χ4v) is 2.51. The Bertz CT molecular complexity index is 768. The Balaban J connectivity index is 2.03. The summed E-state index contributed by atoms with van der Waals surface area (Å²) in [5.74, 6) is -0.367. The normalized spacial score (nSPS) is 11.4. The van der Waals surface area contributed by atoms with Gasteiger partial charge < -0.3 is 5.32 Å². The maximum absolute atomic E-state index is 12.1. The molecule has 1 amide bonds. The number of hydrogen-bond acceptors (Lipinski definition) is 4. The van der Waals surface area contributed by atoms with Crippen LogP contribution in [0.4, 0.5) is 0 Å². The molecular formula is C14H18N4O3S. The van der Waals surface area contributed by atoms with E-state index in [1.54, 1.807) is 6.20 Å². The highest BCUT2D eigenvalue weighted by Gasteiger charge is 2.12. The van der Waals surface area contributed by atoms with Crippen LogP contribution in [-0.4, -0.2) is 24.1 Å². The predicted octanol–water partition coefficient (Wildman–Crippen LogP) is 0.870. The van der Waals surface area contributed by atoms with Crippen molar-refractivity contribution in [3.8, 4) is 0 Å². The van der Waals surface area contributed by atoms with Crippen LogP contribution in [0, 0.1) is 0 Å². The number of carbonyl (C=O) groups excluding carboxylic acids is 1. The molecule has 2 rings (SSSR count). The summed E-state index contributed by atoms with van der Waals surface area (Å²) >= 11 is 0. The molecule has 1 aromatic heterocycles. The number of aryl methyl sites for hydroxylation is 1. The molecule has 0 bridgehead atoms. The van der Waals surface area contributed by atoms with Gasteiger partial charge in [-0.05, 0) is 24.6 Å². The molecule has 0 fully saturated rings. The Morgan fingerprint density at radius 3 is 2.86 bits per heavy atom. The van der Waals surface area contributed by atoms with Crippen LogP contribution in [0.1, 0.15) is 29.3 Å². The number of amides is 1. The summed E-state index contributed by atoms with van der Waals surface area (Å²) in [6.07, 6.45) is 4.54. The van der Waals surface area contributed by atoms with Gasteiger partial charge in [-0.15, -0.1) is 0 Å². The molecule has 0 aliphatic heterocycles. The van der Waals surface area contributed by atoms with E-state index >= 15 is 0 Å². The quantitative estimate of drug-likeness (QED) is 0.822. The van der Waals surface area contributed by atoms with Crippen molar-refractivity contribution >= 4 is 15.9 Å². The van der Waals surface area contributed by atoms with Crippen molar-refractivity contribution in [2.24, 2.45) is 5.14 Å². The number of nitrogens with two attached hydrogens (primary N) is 1. The molecule has 0 atom stereocenters. The maximum Gasteiger partial charge on any atom is 0.251 e. The second-order valence-electron chi connectivity index (χ2n) is 4.87. The molecule has 0 aliphatic rings. The van der Waals surface area contributed by atoms with Gasteiger partial charge in [0.15, 0.2) is 0 Å². The van der Waals surface area contributed by atoms with Crippen molar-refractivity contribution in [1.29, 1.82) is 0 Å². The first kappa shape index (κ1) is 16.2. The van der Waals surface area contributed by atoms with Gasteiger partial charge in [-0.1, -0.05) is 13.0 Å². The van der Waals surface area contributed by atoms with Crippen molar-refractivity contribution in [2.75, 3.05) is 0 Å². The van der Waals surface area contributed by atoms with Gasteiger partial charge in [0.2, 0.25) is 10.0 Å². The second-order valence-corrected chi connectivity index (χ2v) is 6.43. The largest absolute Gasteiger partial charge is 0.348 e. The molecule has 0 spiro atoms. The van der Waals surface area contributed by atoms with Crippen molar-refractivity contribution < 1.29 is 13.2 Å². The van der Waals surface area contributed by atoms with E-state index < -0.39 is 10.0 Å². The number of aromatic nitrogens is 2. The number of nitrogens with one attached hydrogen (secondary N) is 1. The molecule has 1 aromatic carbocycles. The van der Waals surface area contributed by atoms with Gasteiger partial charge in [0, 0.05) is 30.4 Å². The number of nitrogens with zero attached hydrogens (tertiary/aromatic N) is 2. The summed E-state index contributed by atoms with van der Waals surface area (Å²) in [4.78, 5) is 12.0. The third-order valence-electron chi connectivity index (χ3n) is 3.02. The van der Waals surface area contributed by atoms with Crippen LogP contribution in [0.25, 0.3) is 0 Å². The van der Waals surface area contributed by atoms with Crippen LogP contribution in [-0.2, 0) is 23.1 Å². The van der Waals surface area contributed by atoms with Crippen molar-refractivity contribution in [3.63, 3.8) is 0 Å². The predicted molar refractivity (Wildman–Crippen MR) is 81.5 cm³/mol. The third-order valence-corrected chi connectivity index (χ3v) is 3.93. The van der Waals surface area contributed by atoms with E-state index in [4.69, 9.17) is 5.14 Å². The van der Waals surface area contributed by atoms with E-state index in [-0.39, 0.29) is 16.4 Å². The Kier molecular flexibility index (Phi) is 4.94. The zero-order chi connectivity index (χ0) is 16.2. The third kappa shape index (κ3) is 4.15. The monoisotopic (exact) mass is 322 g/mol. The minimum atomic E-state index is -3.82. The zero-order valence-electron chi connectivity index (χ0n) is 12.2. The van der Waals surface area contributed by atoms with Gasteiger partial charge in [0.25, 0.3) is 5.91 Å². The number of sulfonamides is 1. The van der Waals surface area contributed by atoms with Crippen molar-refractivity contribution in [1.82, 2.24) is 15.1 Å². The topological polar surface area (TPSA) is 107 Å². The lowest BCUT2D eigenvalue weighted by Gasteiger charge is -2.05. The Hall–Kier alpha value is -2.19. The number of primary sulfonamides is 1. The summed E-state index contributed by atoms with van der Waals surface area (Å²) in [6.45, 7) is 3.20. The van der Waals surface area contributed by atoms with Gasteiger partial charge in [-0.25, -0.2) is 13.6 Å². The summed E-state index contributed by atoms with van der Waals surface area (Å²) in [5.41, 5.74) is 1.12. The minimum Gasteiger partial charge on any atom is -0.348 e. The Morgan fingerprint density at radius 1 is 1.41 bits per heavy atom. The highest BCUT2D eigenvalue weighted by molar-refractivity contribution is 7.89. The van der Waals surface area contributed by atoms with Gasteiger partial charge in [0.05, 0.1) is 11.1 Å². The smallest absolute Gasteiger partial charge is 0.251 e. The number of rotatable bonds is 6. The zero-order valence-corrected chi connectivity index (χ0v) is 13.0. The highest BCUT2D eigenvalue weighted by Crippen LogP contribution is 2.10. The van der Waals surface area contributed by atoms with E-state index in [0.29, 0.717) is 6.54 Å². The first-order valence-corrected chi connectivity index (χ1v) is 8.37. The molecular weight excluding hydrogens is 304 g/mol. The molecule has 1 heterocycles. The molecule has 0 radical (unpaired) electrons. The van der Waals surface area contributed by atoms with E-state index in [1.807, 2.05) is 10.9 Å². The lowest BCUT2D eigenvalue weighted by Crippen LogP contribution is -2.23. The average Bonchev–Trinajstić information content (AvgIpc) is 2.92. The Morgan fingerprint density at radius 2 is 2.18 bits per heavy atom. The second kappa shape index (κ2) is 6.71. The minimum absolute atomic E-state index is 0.0871. The fraction of sp³-hybridized carbons (Fsp3) is 0.286. The van der Waals surface area contributed by atoms with Crippen LogP contribution < -0.4 is 10.5 Å². The van der Waals surface area contributed by atoms with Gasteiger partial charge in [-0.2, -0.15) is 5.10 Å². The average molecular weight is 322 g/mol. The van der Waals surface area contributed by atoms with Crippen molar-refractivity contribution in [2.45, 2.75) is 31.3 Å². The summed E-state index contributed by atoms with van der Waals surface area (Å²) in [5, 5.41) is 11.9. The molecule has 0 unspecified atom stereocenters. The maximum atomic E-state index is 12.1. The van der Waals surface area contributed by atoms with Gasteiger partial charge >= 0.3 is 0 Å².